The zero-order valence-electron chi connectivity index (χ0n) is 14.4. The molecule has 0 radical (unpaired) electrons. The number of benzene rings is 1. The number of hydrogen-bond acceptors (Lipinski definition) is 4. The Hall–Kier alpha value is -1.26. The number of likely N-dealkylation sites (N-methyl/N-ethyl adjacent to an activating group) is 1. The van der Waals surface area contributed by atoms with Gasteiger partial charge >= 0.3 is 0 Å². The summed E-state index contributed by atoms with van der Waals surface area (Å²) in [7, 11) is 1.63. The molecule has 0 spiro atoms. The van der Waals surface area contributed by atoms with E-state index >= 15 is 0 Å². The SMILES string of the molecule is CCCCN(CC)C1C(O)c2cccc(OC)c2OC1(C)C. The Morgan fingerprint density at radius 2 is 2.05 bits per heavy atom. The van der Waals surface area contributed by atoms with E-state index in [9.17, 15) is 5.11 Å². The summed E-state index contributed by atoms with van der Waals surface area (Å²) in [6, 6.07) is 5.64. The molecular formula is C18H29NO3. The van der Waals surface area contributed by atoms with Crippen LogP contribution in [0.3, 0.4) is 0 Å². The van der Waals surface area contributed by atoms with Crippen LogP contribution in [0.15, 0.2) is 18.2 Å². The van der Waals surface area contributed by atoms with Gasteiger partial charge in [0.1, 0.15) is 11.7 Å². The lowest BCUT2D eigenvalue weighted by atomic mass is 9.84. The molecule has 1 heterocycles. The molecule has 124 valence electrons. The molecule has 1 N–H and O–H groups in total. The first kappa shape index (κ1) is 17.1. The van der Waals surface area contributed by atoms with E-state index in [1.165, 1.54) is 0 Å². The molecule has 4 nitrogen and oxygen atoms in total. The number of rotatable bonds is 6. The third-order valence-electron chi connectivity index (χ3n) is 4.52. The highest BCUT2D eigenvalue weighted by Crippen LogP contribution is 2.46. The molecule has 2 unspecified atom stereocenters. The van der Waals surface area contributed by atoms with Gasteiger partial charge in [0.25, 0.3) is 0 Å². The van der Waals surface area contributed by atoms with Crippen molar-refractivity contribution in [1.29, 1.82) is 0 Å². The van der Waals surface area contributed by atoms with Crippen molar-refractivity contribution in [3.63, 3.8) is 0 Å². The molecule has 22 heavy (non-hydrogen) atoms. The monoisotopic (exact) mass is 307 g/mol. The average Bonchev–Trinajstić information content (AvgIpc) is 2.49. The van der Waals surface area contributed by atoms with E-state index in [4.69, 9.17) is 9.47 Å². The summed E-state index contributed by atoms with van der Waals surface area (Å²) < 4.78 is 11.7. The average molecular weight is 307 g/mol. The number of ether oxygens (including phenoxy) is 2. The maximum absolute atomic E-state index is 11.0. The minimum absolute atomic E-state index is 0.0661. The zero-order valence-corrected chi connectivity index (χ0v) is 14.4. The molecule has 0 saturated carbocycles. The summed E-state index contributed by atoms with van der Waals surface area (Å²) in [5, 5.41) is 11.0. The highest BCUT2D eigenvalue weighted by atomic mass is 16.5. The molecule has 0 bridgehead atoms. The van der Waals surface area contributed by atoms with Crippen LogP contribution >= 0.6 is 0 Å². The quantitative estimate of drug-likeness (QED) is 0.875. The number of fused-ring (bicyclic) bond motifs is 1. The molecule has 0 aromatic heterocycles. The van der Waals surface area contributed by atoms with Gasteiger partial charge in [-0.25, -0.2) is 0 Å². The summed E-state index contributed by atoms with van der Waals surface area (Å²) in [5.41, 5.74) is 0.337. The summed E-state index contributed by atoms with van der Waals surface area (Å²) in [6.45, 7) is 10.3. The van der Waals surface area contributed by atoms with Gasteiger partial charge in [-0.05, 0) is 39.4 Å². The van der Waals surface area contributed by atoms with E-state index in [0.29, 0.717) is 11.5 Å². The van der Waals surface area contributed by atoms with E-state index in [1.54, 1.807) is 7.11 Å². The Bertz CT molecular complexity index is 501. The Balaban J connectivity index is 2.39. The summed E-state index contributed by atoms with van der Waals surface area (Å²) in [6.07, 6.45) is 1.69. The van der Waals surface area contributed by atoms with Crippen molar-refractivity contribution >= 4 is 0 Å². The van der Waals surface area contributed by atoms with Crippen molar-refractivity contribution in [2.24, 2.45) is 0 Å². The largest absolute Gasteiger partial charge is 0.493 e. The lowest BCUT2D eigenvalue weighted by Crippen LogP contribution is -2.58. The minimum atomic E-state index is -0.578. The zero-order chi connectivity index (χ0) is 16.3. The lowest BCUT2D eigenvalue weighted by Gasteiger charge is -2.48. The van der Waals surface area contributed by atoms with Gasteiger partial charge in [0, 0.05) is 5.56 Å². The molecule has 0 saturated heterocycles. The van der Waals surface area contributed by atoms with Crippen molar-refractivity contribution in [3.05, 3.63) is 23.8 Å². The van der Waals surface area contributed by atoms with Gasteiger partial charge in [0.05, 0.1) is 13.2 Å². The Morgan fingerprint density at radius 1 is 1.32 bits per heavy atom. The van der Waals surface area contributed by atoms with Crippen molar-refractivity contribution in [3.8, 4) is 11.5 Å². The van der Waals surface area contributed by atoms with E-state index in [1.807, 2.05) is 32.0 Å². The summed E-state index contributed by atoms with van der Waals surface area (Å²) in [5.74, 6) is 1.35. The van der Waals surface area contributed by atoms with Crippen molar-refractivity contribution < 1.29 is 14.6 Å². The third-order valence-corrected chi connectivity index (χ3v) is 4.52. The lowest BCUT2D eigenvalue weighted by molar-refractivity contribution is -0.0826. The molecular weight excluding hydrogens is 278 g/mol. The van der Waals surface area contributed by atoms with Gasteiger partial charge in [-0.3, -0.25) is 4.90 Å². The second-order valence-electron chi connectivity index (χ2n) is 6.46. The number of aliphatic hydroxyl groups excluding tert-OH is 1. The van der Waals surface area contributed by atoms with Crippen LogP contribution in [0.1, 0.15) is 52.2 Å². The van der Waals surface area contributed by atoms with Crippen LogP contribution in [0, 0.1) is 0 Å². The maximum Gasteiger partial charge on any atom is 0.167 e. The second kappa shape index (κ2) is 6.88. The number of methoxy groups -OCH3 is 1. The van der Waals surface area contributed by atoms with Crippen LogP contribution in [-0.4, -0.2) is 41.8 Å². The van der Waals surface area contributed by atoms with Crippen LogP contribution in [0.25, 0.3) is 0 Å². The summed E-state index contributed by atoms with van der Waals surface area (Å²) in [4.78, 5) is 2.33. The predicted molar refractivity (Wildman–Crippen MR) is 88.6 cm³/mol. The highest BCUT2D eigenvalue weighted by Gasteiger charge is 2.46. The first-order valence-corrected chi connectivity index (χ1v) is 8.24. The van der Waals surface area contributed by atoms with Crippen LogP contribution in [0.4, 0.5) is 0 Å². The fraction of sp³-hybridized carbons (Fsp3) is 0.667. The molecule has 0 amide bonds. The highest BCUT2D eigenvalue weighted by molar-refractivity contribution is 5.50. The third kappa shape index (κ3) is 3.08. The molecule has 0 fully saturated rings. The van der Waals surface area contributed by atoms with Crippen LogP contribution in [-0.2, 0) is 0 Å². The molecule has 2 atom stereocenters. The summed E-state index contributed by atoms with van der Waals surface area (Å²) >= 11 is 0. The van der Waals surface area contributed by atoms with Gasteiger partial charge in [0.2, 0.25) is 0 Å². The Labute approximate surface area is 134 Å². The molecule has 4 heteroatoms. The van der Waals surface area contributed by atoms with Crippen molar-refractivity contribution in [2.75, 3.05) is 20.2 Å². The van der Waals surface area contributed by atoms with Crippen molar-refractivity contribution in [1.82, 2.24) is 4.90 Å². The normalized spacial score (nSPS) is 23.0. The van der Waals surface area contributed by atoms with E-state index in [-0.39, 0.29) is 6.04 Å². The molecule has 1 aliphatic rings. The fourth-order valence-corrected chi connectivity index (χ4v) is 3.40. The standard InChI is InChI=1S/C18H29NO3/c1-6-8-12-19(7-2)17-15(20)13-10-9-11-14(21-5)16(13)22-18(17,3)4/h9-11,15,17,20H,6-8,12H2,1-5H3. The topological polar surface area (TPSA) is 41.9 Å². The first-order chi connectivity index (χ1) is 10.5. The van der Waals surface area contributed by atoms with Gasteiger partial charge in [-0.2, -0.15) is 0 Å². The van der Waals surface area contributed by atoms with Crippen LogP contribution < -0.4 is 9.47 Å². The van der Waals surface area contributed by atoms with E-state index < -0.39 is 11.7 Å². The predicted octanol–water partition coefficient (Wildman–Crippen LogP) is 3.39. The molecule has 2 rings (SSSR count). The van der Waals surface area contributed by atoms with Gasteiger partial charge in [-0.1, -0.05) is 32.4 Å². The Morgan fingerprint density at radius 3 is 2.64 bits per heavy atom. The fourth-order valence-electron chi connectivity index (χ4n) is 3.40. The minimum Gasteiger partial charge on any atom is -0.493 e. The number of unbranched alkanes of at least 4 members (excludes halogenated alkanes) is 1. The number of para-hydroxylation sites is 1. The number of hydrogen-bond donors (Lipinski definition) is 1. The number of nitrogens with zero attached hydrogens (tertiary/aromatic N) is 1. The smallest absolute Gasteiger partial charge is 0.167 e. The maximum atomic E-state index is 11.0. The van der Waals surface area contributed by atoms with Gasteiger partial charge in [-0.15, -0.1) is 0 Å². The number of aliphatic hydroxyl groups is 1. The first-order valence-electron chi connectivity index (χ1n) is 8.24. The molecule has 1 aromatic carbocycles. The van der Waals surface area contributed by atoms with Gasteiger partial charge < -0.3 is 14.6 Å². The van der Waals surface area contributed by atoms with E-state index in [2.05, 4.69) is 18.7 Å². The van der Waals surface area contributed by atoms with Crippen LogP contribution in [0.2, 0.25) is 0 Å². The van der Waals surface area contributed by atoms with Gasteiger partial charge in [0.15, 0.2) is 11.5 Å². The van der Waals surface area contributed by atoms with Crippen LogP contribution in [0.5, 0.6) is 11.5 Å². The van der Waals surface area contributed by atoms with Crippen molar-refractivity contribution in [2.45, 2.75) is 58.3 Å². The van der Waals surface area contributed by atoms with E-state index in [0.717, 1.165) is 31.5 Å². The molecule has 1 aliphatic heterocycles. The molecule has 0 aliphatic carbocycles. The molecule has 1 aromatic rings. The Kier molecular flexibility index (Phi) is 5.35. The second-order valence-corrected chi connectivity index (χ2v) is 6.46.